The fourth-order valence-electron chi connectivity index (χ4n) is 6.08. The molecule has 2 atom stereocenters. The number of aromatic nitrogens is 4. The lowest BCUT2D eigenvalue weighted by atomic mass is 10.1. The van der Waals surface area contributed by atoms with Crippen molar-refractivity contribution in [2.45, 2.75) is 70.9 Å². The van der Waals surface area contributed by atoms with E-state index in [0.29, 0.717) is 49.1 Å². The third kappa shape index (κ3) is 6.03. The number of ether oxygens (including phenoxy) is 1. The van der Waals surface area contributed by atoms with Gasteiger partial charge in [0.25, 0.3) is 5.89 Å². The summed E-state index contributed by atoms with van der Waals surface area (Å²) >= 11 is 0. The predicted octanol–water partition coefficient (Wildman–Crippen LogP) is 6.10. The van der Waals surface area contributed by atoms with Crippen molar-refractivity contribution in [2.24, 2.45) is 5.92 Å². The Labute approximate surface area is 260 Å². The van der Waals surface area contributed by atoms with E-state index in [1.54, 1.807) is 23.1 Å². The SMILES string of the molecule is CC(C)c1ccc(-c2ccc(Oc3cc(-c4nc([C@H]5CC(=O)N(C6CC6)C5)no4)cc(F)c3CN3C[C@@H](C)CC3=O)cc2)nn1. The van der Waals surface area contributed by atoms with Crippen LogP contribution in [0.2, 0.25) is 0 Å². The molecule has 2 aliphatic heterocycles. The van der Waals surface area contributed by atoms with Gasteiger partial charge >= 0.3 is 0 Å². The van der Waals surface area contributed by atoms with Crippen LogP contribution in [-0.2, 0) is 16.1 Å². The molecule has 0 unspecified atom stereocenters. The molecular formula is C34H35FN6O4. The number of rotatable bonds is 9. The fourth-order valence-corrected chi connectivity index (χ4v) is 6.08. The minimum Gasteiger partial charge on any atom is -0.457 e. The van der Waals surface area contributed by atoms with E-state index in [2.05, 4.69) is 34.2 Å². The van der Waals surface area contributed by atoms with Crippen molar-refractivity contribution < 1.29 is 23.2 Å². The molecule has 2 saturated heterocycles. The molecule has 0 spiro atoms. The molecule has 4 aromatic rings. The maximum Gasteiger partial charge on any atom is 0.258 e. The lowest BCUT2D eigenvalue weighted by Gasteiger charge is -2.20. The molecular weight excluding hydrogens is 575 g/mol. The van der Waals surface area contributed by atoms with Crippen LogP contribution in [0.25, 0.3) is 22.7 Å². The van der Waals surface area contributed by atoms with Gasteiger partial charge in [0.05, 0.1) is 17.9 Å². The summed E-state index contributed by atoms with van der Waals surface area (Å²) in [7, 11) is 0. The average Bonchev–Trinajstić information content (AvgIpc) is 3.45. The predicted molar refractivity (Wildman–Crippen MR) is 163 cm³/mol. The van der Waals surface area contributed by atoms with Crippen molar-refractivity contribution >= 4 is 11.8 Å². The molecule has 10 nitrogen and oxygen atoms in total. The van der Waals surface area contributed by atoms with Crippen molar-refractivity contribution in [2.75, 3.05) is 13.1 Å². The molecule has 45 heavy (non-hydrogen) atoms. The second-order valence-corrected chi connectivity index (χ2v) is 12.8. The highest BCUT2D eigenvalue weighted by molar-refractivity contribution is 5.80. The van der Waals surface area contributed by atoms with Crippen LogP contribution in [-0.4, -0.2) is 61.1 Å². The minimum absolute atomic E-state index is 0.0150. The molecule has 2 aromatic carbocycles. The highest BCUT2D eigenvalue weighted by Crippen LogP contribution is 2.38. The molecule has 0 N–H and O–H groups in total. The molecule has 2 aromatic heterocycles. The molecule has 3 fully saturated rings. The fraction of sp³-hybridized carbons (Fsp3) is 0.412. The number of likely N-dealkylation sites (tertiary alicyclic amines) is 2. The molecule has 11 heteroatoms. The Morgan fingerprint density at radius 2 is 1.78 bits per heavy atom. The van der Waals surface area contributed by atoms with E-state index in [0.717, 1.165) is 29.8 Å². The summed E-state index contributed by atoms with van der Waals surface area (Å²) in [4.78, 5) is 33.2. The van der Waals surface area contributed by atoms with Gasteiger partial charge in [-0.1, -0.05) is 25.9 Å². The van der Waals surface area contributed by atoms with Crippen molar-refractivity contribution in [1.29, 1.82) is 0 Å². The number of nitrogens with zero attached hydrogens (tertiary/aromatic N) is 6. The van der Waals surface area contributed by atoms with Gasteiger partial charge < -0.3 is 19.1 Å². The zero-order valence-corrected chi connectivity index (χ0v) is 25.6. The van der Waals surface area contributed by atoms with Crippen LogP contribution >= 0.6 is 0 Å². The van der Waals surface area contributed by atoms with E-state index < -0.39 is 5.82 Å². The lowest BCUT2D eigenvalue weighted by Crippen LogP contribution is -2.27. The van der Waals surface area contributed by atoms with Crippen LogP contribution in [0.4, 0.5) is 4.39 Å². The first-order valence-corrected chi connectivity index (χ1v) is 15.6. The molecule has 4 heterocycles. The van der Waals surface area contributed by atoms with Crippen LogP contribution < -0.4 is 4.74 Å². The van der Waals surface area contributed by atoms with Gasteiger partial charge in [0.1, 0.15) is 17.3 Å². The van der Waals surface area contributed by atoms with Gasteiger partial charge in [0.2, 0.25) is 11.8 Å². The summed E-state index contributed by atoms with van der Waals surface area (Å²) in [5.74, 6) is 1.19. The zero-order valence-electron chi connectivity index (χ0n) is 25.6. The van der Waals surface area contributed by atoms with Gasteiger partial charge in [0.15, 0.2) is 5.82 Å². The van der Waals surface area contributed by atoms with Crippen molar-refractivity contribution in [3.8, 4) is 34.2 Å². The minimum atomic E-state index is -0.539. The number of benzene rings is 2. The van der Waals surface area contributed by atoms with Crippen LogP contribution in [0.5, 0.6) is 11.5 Å². The number of hydrogen-bond acceptors (Lipinski definition) is 8. The first kappa shape index (κ1) is 29.1. The van der Waals surface area contributed by atoms with E-state index in [9.17, 15) is 9.59 Å². The van der Waals surface area contributed by atoms with Crippen LogP contribution in [0.3, 0.4) is 0 Å². The lowest BCUT2D eigenvalue weighted by molar-refractivity contribution is -0.129. The summed E-state index contributed by atoms with van der Waals surface area (Å²) in [6.07, 6.45) is 2.84. The first-order valence-electron chi connectivity index (χ1n) is 15.6. The average molecular weight is 611 g/mol. The van der Waals surface area contributed by atoms with Gasteiger partial charge in [-0.2, -0.15) is 15.2 Å². The normalized spacial score (nSPS) is 20.1. The molecule has 3 aliphatic rings. The largest absolute Gasteiger partial charge is 0.457 e. The van der Waals surface area contributed by atoms with Gasteiger partial charge in [-0.15, -0.1) is 0 Å². The van der Waals surface area contributed by atoms with Gasteiger partial charge in [-0.3, -0.25) is 9.59 Å². The number of carbonyl (C=O) groups excluding carboxylic acids is 2. The molecule has 0 radical (unpaired) electrons. The maximum absolute atomic E-state index is 15.9. The Kier molecular flexibility index (Phi) is 7.55. The van der Waals surface area contributed by atoms with E-state index in [4.69, 9.17) is 9.26 Å². The quantitative estimate of drug-likeness (QED) is 0.224. The maximum atomic E-state index is 15.9. The van der Waals surface area contributed by atoms with Crippen LogP contribution in [0.15, 0.2) is 53.1 Å². The smallest absolute Gasteiger partial charge is 0.258 e. The van der Waals surface area contributed by atoms with E-state index in [-0.39, 0.29) is 53.3 Å². The number of carbonyl (C=O) groups is 2. The van der Waals surface area contributed by atoms with E-state index >= 15 is 4.39 Å². The Morgan fingerprint density at radius 1 is 0.978 bits per heavy atom. The van der Waals surface area contributed by atoms with Crippen molar-refractivity contribution in [3.63, 3.8) is 0 Å². The Morgan fingerprint density at radius 3 is 2.44 bits per heavy atom. The second kappa shape index (κ2) is 11.7. The van der Waals surface area contributed by atoms with Crippen LogP contribution in [0.1, 0.15) is 75.4 Å². The number of halogens is 1. The number of hydrogen-bond donors (Lipinski definition) is 0. The molecule has 2 amide bonds. The molecule has 7 rings (SSSR count). The van der Waals surface area contributed by atoms with E-state index in [1.807, 2.05) is 36.1 Å². The van der Waals surface area contributed by atoms with Gasteiger partial charge in [0, 0.05) is 54.6 Å². The Bertz CT molecular complexity index is 1730. The summed E-state index contributed by atoms with van der Waals surface area (Å²) < 4.78 is 27.7. The molecule has 232 valence electrons. The summed E-state index contributed by atoms with van der Waals surface area (Å²) in [5, 5.41) is 12.8. The second-order valence-electron chi connectivity index (χ2n) is 12.8. The highest BCUT2D eigenvalue weighted by Gasteiger charge is 2.41. The number of amides is 2. The zero-order chi connectivity index (χ0) is 31.2. The molecule has 1 saturated carbocycles. The van der Waals surface area contributed by atoms with Gasteiger partial charge in [-0.05, 0) is 73.2 Å². The topological polar surface area (TPSA) is 115 Å². The molecule has 1 aliphatic carbocycles. The van der Waals surface area contributed by atoms with Crippen LogP contribution in [0, 0.1) is 11.7 Å². The van der Waals surface area contributed by atoms with E-state index in [1.165, 1.54) is 6.07 Å². The summed E-state index contributed by atoms with van der Waals surface area (Å²) in [6.45, 7) is 7.34. The Balaban J connectivity index is 1.17. The third-order valence-corrected chi connectivity index (χ3v) is 8.77. The third-order valence-electron chi connectivity index (χ3n) is 8.77. The standard InChI is InChI=1S/C34H35FN6O4/c1-19(2)28-10-11-29(38-37-28)21-4-8-25(9-5-21)44-30-14-22(13-27(35)26(30)18-40-16-20(3)12-31(40)42)34-36-33(39-45-34)23-15-32(43)41(17-23)24-6-7-24/h4-5,8-11,13-14,19-20,23-24H,6-7,12,15-18H2,1-3H3/t20-,23-/m0/s1. The van der Waals surface area contributed by atoms with Gasteiger partial charge in [-0.25, -0.2) is 4.39 Å². The summed E-state index contributed by atoms with van der Waals surface area (Å²) in [5.41, 5.74) is 3.14. The van der Waals surface area contributed by atoms with Crippen molar-refractivity contribution in [3.05, 3.63) is 71.4 Å². The van der Waals surface area contributed by atoms with Crippen molar-refractivity contribution in [1.82, 2.24) is 30.1 Å². The monoisotopic (exact) mass is 610 g/mol. The molecule has 0 bridgehead atoms. The first-order chi connectivity index (χ1) is 21.7. The summed E-state index contributed by atoms with van der Waals surface area (Å²) in [6, 6.07) is 14.6. The Hall–Kier alpha value is -4.67. The highest BCUT2D eigenvalue weighted by atomic mass is 19.1.